The van der Waals surface area contributed by atoms with Crippen LogP contribution in [0.5, 0.6) is 0 Å². The normalized spacial score (nSPS) is 19.1. The zero-order valence-corrected chi connectivity index (χ0v) is 13.1. The van der Waals surface area contributed by atoms with Gasteiger partial charge >= 0.3 is 5.97 Å². The second kappa shape index (κ2) is 6.61. The molecule has 19 heavy (non-hydrogen) atoms. The third-order valence-corrected chi connectivity index (χ3v) is 3.13. The number of nitrogens with zero attached hydrogens (tertiary/aromatic N) is 2. The van der Waals surface area contributed by atoms with E-state index in [0.717, 1.165) is 19.6 Å². The molecule has 0 aromatic carbocycles. The Labute approximate surface area is 120 Å². The van der Waals surface area contributed by atoms with Crippen molar-refractivity contribution in [3.8, 4) is 0 Å². The van der Waals surface area contributed by atoms with Crippen molar-refractivity contribution >= 4 is 24.5 Å². The number of piperazine rings is 1. The van der Waals surface area contributed by atoms with Crippen LogP contribution in [0, 0.1) is 0 Å². The Hall–Kier alpha value is -0.750. The van der Waals surface area contributed by atoms with E-state index in [1.165, 1.54) is 6.92 Å². The first-order chi connectivity index (χ1) is 8.69. The highest BCUT2D eigenvalue weighted by Gasteiger charge is 2.28. The van der Waals surface area contributed by atoms with Crippen LogP contribution in [0.3, 0.4) is 0 Å². The van der Waals surface area contributed by atoms with Crippen LogP contribution >= 0.6 is 12.6 Å². The van der Waals surface area contributed by atoms with E-state index >= 15 is 0 Å². The minimum atomic E-state index is -0.689. The number of esters is 1. The Balaban J connectivity index is 2.41. The summed E-state index contributed by atoms with van der Waals surface area (Å²) >= 11 is 4.52. The maximum atomic E-state index is 12.0. The van der Waals surface area contributed by atoms with Crippen molar-refractivity contribution in [3.05, 3.63) is 0 Å². The van der Waals surface area contributed by atoms with Crippen LogP contribution in [-0.2, 0) is 14.3 Å². The second-order valence-corrected chi connectivity index (χ2v) is 6.88. The van der Waals surface area contributed by atoms with Crippen molar-refractivity contribution in [3.63, 3.8) is 0 Å². The largest absolute Gasteiger partial charge is 0.453 e. The van der Waals surface area contributed by atoms with Crippen molar-refractivity contribution in [2.45, 2.75) is 38.5 Å². The lowest BCUT2D eigenvalue weighted by molar-refractivity contribution is -0.158. The highest BCUT2D eigenvalue weighted by Crippen LogP contribution is 2.15. The van der Waals surface area contributed by atoms with E-state index in [1.807, 2.05) is 0 Å². The van der Waals surface area contributed by atoms with Gasteiger partial charge in [-0.15, -0.1) is 0 Å². The number of hydrogen-bond acceptors (Lipinski definition) is 5. The average molecular weight is 288 g/mol. The molecular weight excluding hydrogens is 264 g/mol. The summed E-state index contributed by atoms with van der Waals surface area (Å²) in [6, 6.07) is 0. The van der Waals surface area contributed by atoms with Gasteiger partial charge in [-0.3, -0.25) is 14.5 Å². The Morgan fingerprint density at radius 2 is 1.79 bits per heavy atom. The average Bonchev–Trinajstić information content (AvgIpc) is 2.26. The number of amides is 1. The van der Waals surface area contributed by atoms with E-state index in [9.17, 15) is 9.59 Å². The molecule has 1 saturated heterocycles. The lowest BCUT2D eigenvalue weighted by Crippen LogP contribution is -2.53. The lowest BCUT2D eigenvalue weighted by atomic mass is 10.1. The molecule has 1 rings (SSSR count). The van der Waals surface area contributed by atoms with Crippen molar-refractivity contribution in [2.24, 2.45) is 0 Å². The Kier molecular flexibility index (Phi) is 5.67. The molecule has 5 nitrogen and oxygen atoms in total. The van der Waals surface area contributed by atoms with Gasteiger partial charge in [0.1, 0.15) is 0 Å². The van der Waals surface area contributed by atoms with E-state index in [1.54, 1.807) is 11.8 Å². The van der Waals surface area contributed by atoms with Gasteiger partial charge in [0.15, 0.2) is 6.10 Å². The smallest absolute Gasteiger partial charge is 0.303 e. The van der Waals surface area contributed by atoms with Crippen LogP contribution in [-0.4, -0.2) is 65.3 Å². The van der Waals surface area contributed by atoms with Crippen LogP contribution in [0.2, 0.25) is 0 Å². The van der Waals surface area contributed by atoms with E-state index in [0.29, 0.717) is 13.1 Å². The molecule has 1 aliphatic heterocycles. The number of thiol groups is 1. The molecular formula is C13H24N2O3S. The molecule has 0 radical (unpaired) electrons. The number of ether oxygens (including phenoxy) is 1. The van der Waals surface area contributed by atoms with Crippen LogP contribution in [0.15, 0.2) is 0 Å². The fourth-order valence-electron chi connectivity index (χ4n) is 2.23. The van der Waals surface area contributed by atoms with Gasteiger partial charge in [0, 0.05) is 44.4 Å². The molecule has 1 fully saturated rings. The maximum Gasteiger partial charge on any atom is 0.303 e. The topological polar surface area (TPSA) is 49.9 Å². The van der Waals surface area contributed by atoms with E-state index in [2.05, 4.69) is 31.4 Å². The molecule has 1 atom stereocenters. The molecule has 0 aliphatic carbocycles. The molecule has 0 saturated carbocycles. The monoisotopic (exact) mass is 288 g/mol. The molecule has 1 amide bonds. The molecule has 110 valence electrons. The van der Waals surface area contributed by atoms with Gasteiger partial charge in [0.25, 0.3) is 5.91 Å². The first-order valence-corrected chi connectivity index (χ1v) is 7.04. The minimum absolute atomic E-state index is 0.0305. The third kappa shape index (κ3) is 5.82. The zero-order valence-electron chi connectivity index (χ0n) is 12.2. The van der Waals surface area contributed by atoms with Gasteiger partial charge in [0.2, 0.25) is 0 Å². The molecule has 1 aliphatic rings. The van der Waals surface area contributed by atoms with Crippen molar-refractivity contribution in [2.75, 3.05) is 32.7 Å². The molecule has 0 bridgehead atoms. The molecule has 1 heterocycles. The summed E-state index contributed by atoms with van der Waals surface area (Å²) < 4.78 is 4.89. The van der Waals surface area contributed by atoms with Crippen LogP contribution in [0.1, 0.15) is 27.7 Å². The summed E-state index contributed by atoms with van der Waals surface area (Å²) in [6.45, 7) is 11.0. The maximum absolute atomic E-state index is 12.0. The SMILES string of the molecule is CC(=O)OC(C)C(=O)N1CCN(CC(C)(C)S)CC1. The lowest BCUT2D eigenvalue weighted by Gasteiger charge is -2.38. The standard InChI is InChI=1S/C13H24N2O3S/c1-10(18-11(2)16)12(17)15-7-5-14(6-8-15)9-13(3,4)19/h10,19H,5-9H2,1-4H3. The Morgan fingerprint density at radius 1 is 1.26 bits per heavy atom. The molecule has 6 heteroatoms. The molecule has 0 aromatic rings. The van der Waals surface area contributed by atoms with Crippen LogP contribution in [0.4, 0.5) is 0 Å². The summed E-state index contributed by atoms with van der Waals surface area (Å²) in [5.41, 5.74) is 0. The molecule has 0 spiro atoms. The van der Waals surface area contributed by atoms with Crippen LogP contribution in [0.25, 0.3) is 0 Å². The van der Waals surface area contributed by atoms with Crippen LogP contribution < -0.4 is 0 Å². The number of carbonyl (C=O) groups excluding carboxylic acids is 2. The van der Waals surface area contributed by atoms with Gasteiger partial charge in [-0.2, -0.15) is 12.6 Å². The van der Waals surface area contributed by atoms with Crippen molar-refractivity contribution in [1.29, 1.82) is 0 Å². The molecule has 1 unspecified atom stereocenters. The summed E-state index contributed by atoms with van der Waals surface area (Å²) in [5, 5.41) is 0. The summed E-state index contributed by atoms with van der Waals surface area (Å²) in [4.78, 5) is 26.9. The van der Waals surface area contributed by atoms with Crippen molar-refractivity contribution in [1.82, 2.24) is 9.80 Å². The van der Waals surface area contributed by atoms with Crippen molar-refractivity contribution < 1.29 is 14.3 Å². The van der Waals surface area contributed by atoms with Gasteiger partial charge in [-0.25, -0.2) is 0 Å². The second-order valence-electron chi connectivity index (χ2n) is 5.67. The zero-order chi connectivity index (χ0) is 14.6. The predicted octanol–water partition coefficient (Wildman–Crippen LogP) is 0.791. The first kappa shape index (κ1) is 16.3. The van der Waals surface area contributed by atoms with Gasteiger partial charge < -0.3 is 9.64 Å². The van der Waals surface area contributed by atoms with Gasteiger partial charge in [-0.1, -0.05) is 0 Å². The fourth-order valence-corrected chi connectivity index (χ4v) is 2.43. The summed E-state index contributed by atoms with van der Waals surface area (Å²) in [7, 11) is 0. The summed E-state index contributed by atoms with van der Waals surface area (Å²) in [6.07, 6.45) is -0.689. The highest BCUT2D eigenvalue weighted by molar-refractivity contribution is 7.81. The third-order valence-electron chi connectivity index (χ3n) is 2.99. The fraction of sp³-hybridized carbons (Fsp3) is 0.846. The van der Waals surface area contributed by atoms with Gasteiger partial charge in [-0.05, 0) is 20.8 Å². The Morgan fingerprint density at radius 3 is 2.21 bits per heavy atom. The van der Waals surface area contributed by atoms with E-state index in [4.69, 9.17) is 4.74 Å². The molecule has 0 N–H and O–H groups in total. The highest BCUT2D eigenvalue weighted by atomic mass is 32.1. The number of hydrogen-bond donors (Lipinski definition) is 1. The quantitative estimate of drug-likeness (QED) is 0.614. The number of rotatable bonds is 4. The summed E-state index contributed by atoms with van der Waals surface area (Å²) in [5.74, 6) is -0.531. The predicted molar refractivity (Wildman–Crippen MR) is 77.3 cm³/mol. The minimum Gasteiger partial charge on any atom is -0.453 e. The van der Waals surface area contributed by atoms with Gasteiger partial charge in [0.05, 0.1) is 0 Å². The first-order valence-electron chi connectivity index (χ1n) is 6.60. The number of carbonyl (C=O) groups is 2. The Bertz CT molecular complexity index is 333. The van der Waals surface area contributed by atoms with E-state index in [-0.39, 0.29) is 10.7 Å². The van der Waals surface area contributed by atoms with E-state index < -0.39 is 12.1 Å². The molecule has 0 aromatic heterocycles.